The van der Waals surface area contributed by atoms with Crippen molar-refractivity contribution < 1.29 is 24.2 Å². The van der Waals surface area contributed by atoms with Crippen LogP contribution in [0.4, 0.5) is 4.79 Å². The van der Waals surface area contributed by atoms with E-state index in [1.807, 2.05) is 24.3 Å². The molecule has 4 unspecified atom stereocenters. The zero-order valence-electron chi connectivity index (χ0n) is 19.0. The number of rotatable bonds is 8. The van der Waals surface area contributed by atoms with Gasteiger partial charge in [0.05, 0.1) is 5.92 Å². The minimum Gasteiger partial charge on any atom is -0.481 e. The highest BCUT2D eigenvalue weighted by atomic mass is 16.5. The average molecular weight is 463 g/mol. The Labute approximate surface area is 198 Å². The molecule has 0 heterocycles. The van der Waals surface area contributed by atoms with Crippen LogP contribution in [0.15, 0.2) is 48.5 Å². The van der Waals surface area contributed by atoms with Crippen LogP contribution < -0.4 is 10.6 Å². The molecular weight excluding hydrogens is 432 g/mol. The normalized spacial score (nSPS) is 24.7. The lowest BCUT2D eigenvalue weighted by molar-refractivity contribution is -0.139. The van der Waals surface area contributed by atoms with Crippen molar-refractivity contribution in [1.82, 2.24) is 10.6 Å². The summed E-state index contributed by atoms with van der Waals surface area (Å²) in [7, 11) is 0. The maximum atomic E-state index is 12.6. The number of carbonyl (C=O) groups excluding carboxylic acids is 2. The summed E-state index contributed by atoms with van der Waals surface area (Å²) in [6.45, 7) is 1.08. The fraction of sp³-hybridized carbons (Fsp3) is 0.444. The Balaban J connectivity index is 1.10. The summed E-state index contributed by atoms with van der Waals surface area (Å²) >= 11 is 0. The van der Waals surface area contributed by atoms with Crippen LogP contribution in [-0.4, -0.2) is 42.8 Å². The minimum absolute atomic E-state index is 0.0141. The van der Waals surface area contributed by atoms with Crippen LogP contribution in [0.3, 0.4) is 0 Å². The van der Waals surface area contributed by atoms with E-state index in [2.05, 4.69) is 34.9 Å². The van der Waals surface area contributed by atoms with Gasteiger partial charge in [-0.2, -0.15) is 0 Å². The Morgan fingerprint density at radius 3 is 2.15 bits per heavy atom. The molecule has 7 nitrogen and oxygen atoms in total. The molecule has 0 saturated heterocycles. The first-order valence-corrected chi connectivity index (χ1v) is 12.1. The van der Waals surface area contributed by atoms with Gasteiger partial charge in [-0.3, -0.25) is 9.59 Å². The Morgan fingerprint density at radius 2 is 1.50 bits per heavy atom. The first-order valence-electron chi connectivity index (χ1n) is 12.1. The molecule has 3 aliphatic carbocycles. The second-order valence-electron chi connectivity index (χ2n) is 9.69. The minimum atomic E-state index is -0.787. The standard InChI is InChI=1S/C27H30N2O5/c30-25(28-14-17-12-23(17)26(31)32)18-11-5-6-16(18)13-29-27(33)34-15-24-21-9-3-1-7-19(21)20-8-2-4-10-22(20)24/h1-4,7-10,16-18,23-24H,5-6,11-15H2,(H,28,30)(H,29,33)(H,31,32). The van der Waals surface area contributed by atoms with Gasteiger partial charge in [0.25, 0.3) is 0 Å². The molecule has 2 fully saturated rings. The van der Waals surface area contributed by atoms with E-state index in [9.17, 15) is 14.4 Å². The summed E-state index contributed by atoms with van der Waals surface area (Å²) in [6.07, 6.45) is 2.78. The molecule has 2 amide bonds. The lowest BCUT2D eigenvalue weighted by atomic mass is 9.95. The molecule has 4 atom stereocenters. The largest absolute Gasteiger partial charge is 0.481 e. The fourth-order valence-electron chi connectivity index (χ4n) is 5.63. The fourth-order valence-corrected chi connectivity index (χ4v) is 5.63. The van der Waals surface area contributed by atoms with E-state index < -0.39 is 12.1 Å². The molecule has 34 heavy (non-hydrogen) atoms. The first kappa shape index (κ1) is 22.4. The SMILES string of the molecule is O=C(NCC1CCCC1C(=O)NCC1CC1C(=O)O)OCC1c2ccccc2-c2ccccc21. The summed E-state index contributed by atoms with van der Waals surface area (Å²) in [5.41, 5.74) is 4.72. The van der Waals surface area contributed by atoms with Crippen LogP contribution >= 0.6 is 0 Å². The number of aliphatic carboxylic acids is 1. The van der Waals surface area contributed by atoms with Gasteiger partial charge in [0, 0.05) is 24.9 Å². The van der Waals surface area contributed by atoms with Gasteiger partial charge >= 0.3 is 12.1 Å². The van der Waals surface area contributed by atoms with Crippen molar-refractivity contribution in [2.75, 3.05) is 19.7 Å². The zero-order chi connectivity index (χ0) is 23.7. The second-order valence-corrected chi connectivity index (χ2v) is 9.69. The molecule has 5 rings (SSSR count). The highest BCUT2D eigenvalue weighted by Gasteiger charge is 2.43. The van der Waals surface area contributed by atoms with Gasteiger partial charge in [0.1, 0.15) is 6.61 Å². The topological polar surface area (TPSA) is 105 Å². The van der Waals surface area contributed by atoms with Crippen LogP contribution in [0.2, 0.25) is 0 Å². The van der Waals surface area contributed by atoms with Gasteiger partial charge in [-0.05, 0) is 53.4 Å². The number of amides is 2. The van der Waals surface area contributed by atoms with Crippen LogP contribution in [0.25, 0.3) is 11.1 Å². The highest BCUT2D eigenvalue weighted by molar-refractivity contribution is 5.80. The number of carboxylic acids is 1. The van der Waals surface area contributed by atoms with Crippen molar-refractivity contribution in [1.29, 1.82) is 0 Å². The number of hydrogen-bond acceptors (Lipinski definition) is 4. The van der Waals surface area contributed by atoms with Crippen LogP contribution in [0, 0.1) is 23.7 Å². The molecule has 0 aliphatic heterocycles. The van der Waals surface area contributed by atoms with Crippen molar-refractivity contribution >= 4 is 18.0 Å². The van der Waals surface area contributed by atoms with Gasteiger partial charge in [0.15, 0.2) is 0 Å². The molecule has 3 N–H and O–H groups in total. The van der Waals surface area contributed by atoms with E-state index in [1.54, 1.807) is 0 Å². The Hall–Kier alpha value is -3.35. The molecule has 3 aliphatic rings. The highest BCUT2D eigenvalue weighted by Crippen LogP contribution is 2.44. The smallest absolute Gasteiger partial charge is 0.407 e. The van der Waals surface area contributed by atoms with Gasteiger partial charge in [-0.25, -0.2) is 4.79 Å². The summed E-state index contributed by atoms with van der Waals surface area (Å²) in [4.78, 5) is 36.1. The molecule has 2 saturated carbocycles. The second kappa shape index (κ2) is 9.49. The number of nitrogens with one attached hydrogen (secondary N) is 2. The van der Waals surface area contributed by atoms with Gasteiger partial charge in [-0.15, -0.1) is 0 Å². The van der Waals surface area contributed by atoms with E-state index in [-0.39, 0.29) is 42.1 Å². The Kier molecular flexibility index (Phi) is 6.26. The third-order valence-corrected chi connectivity index (χ3v) is 7.63. The molecule has 0 radical (unpaired) electrons. The van der Waals surface area contributed by atoms with E-state index in [1.165, 1.54) is 22.3 Å². The van der Waals surface area contributed by atoms with E-state index in [4.69, 9.17) is 9.84 Å². The number of alkyl carbamates (subject to hydrolysis) is 1. The lowest BCUT2D eigenvalue weighted by Gasteiger charge is -2.20. The summed E-state index contributed by atoms with van der Waals surface area (Å²) in [5.74, 6) is -1.18. The predicted octanol–water partition coefficient (Wildman–Crippen LogP) is 3.78. The molecule has 178 valence electrons. The van der Waals surface area contributed by atoms with Gasteiger partial charge < -0.3 is 20.5 Å². The van der Waals surface area contributed by atoms with E-state index in [0.29, 0.717) is 19.5 Å². The van der Waals surface area contributed by atoms with Gasteiger partial charge in [0.2, 0.25) is 5.91 Å². The van der Waals surface area contributed by atoms with Crippen molar-refractivity contribution in [2.24, 2.45) is 23.7 Å². The van der Waals surface area contributed by atoms with Crippen molar-refractivity contribution in [3.63, 3.8) is 0 Å². The van der Waals surface area contributed by atoms with Crippen LogP contribution in [-0.2, 0) is 14.3 Å². The predicted molar refractivity (Wildman–Crippen MR) is 126 cm³/mol. The molecule has 7 heteroatoms. The molecule has 2 aromatic rings. The average Bonchev–Trinajstić information content (AvgIpc) is 3.36. The number of hydrogen-bond donors (Lipinski definition) is 3. The maximum Gasteiger partial charge on any atom is 0.407 e. The summed E-state index contributed by atoms with van der Waals surface area (Å²) in [5, 5.41) is 14.8. The van der Waals surface area contributed by atoms with E-state index in [0.717, 1.165) is 19.3 Å². The molecule has 2 aromatic carbocycles. The molecular formula is C27H30N2O5. The first-order chi connectivity index (χ1) is 16.5. The van der Waals surface area contributed by atoms with Crippen LogP contribution in [0.1, 0.15) is 42.7 Å². The van der Waals surface area contributed by atoms with Gasteiger partial charge in [-0.1, -0.05) is 55.0 Å². The third-order valence-electron chi connectivity index (χ3n) is 7.63. The maximum absolute atomic E-state index is 12.6. The molecule has 0 aromatic heterocycles. The van der Waals surface area contributed by atoms with E-state index >= 15 is 0 Å². The summed E-state index contributed by atoms with van der Waals surface area (Å²) in [6, 6.07) is 16.4. The number of carboxylic acid groups (broad SMARTS) is 1. The monoisotopic (exact) mass is 462 g/mol. The van der Waals surface area contributed by atoms with Crippen molar-refractivity contribution in [3.05, 3.63) is 59.7 Å². The molecule has 0 bridgehead atoms. The number of fused-ring (bicyclic) bond motifs is 3. The zero-order valence-corrected chi connectivity index (χ0v) is 19.0. The number of benzene rings is 2. The third kappa shape index (κ3) is 4.52. The van der Waals surface area contributed by atoms with Crippen LogP contribution in [0.5, 0.6) is 0 Å². The number of carbonyl (C=O) groups is 3. The van der Waals surface area contributed by atoms with Crippen molar-refractivity contribution in [2.45, 2.75) is 31.6 Å². The Bertz CT molecular complexity index is 1050. The molecule has 0 spiro atoms. The Morgan fingerprint density at radius 1 is 0.853 bits per heavy atom. The lowest BCUT2D eigenvalue weighted by Crippen LogP contribution is -2.39. The quantitative estimate of drug-likeness (QED) is 0.554. The summed E-state index contributed by atoms with van der Waals surface area (Å²) < 4.78 is 5.61. The van der Waals surface area contributed by atoms with Crippen molar-refractivity contribution in [3.8, 4) is 11.1 Å². The number of ether oxygens (including phenoxy) is 1.